The van der Waals surface area contributed by atoms with Crippen molar-refractivity contribution in [3.8, 4) is 0 Å². The number of carbonyl (C=O) groups excluding carboxylic acids is 1. The van der Waals surface area contributed by atoms with Gasteiger partial charge in [0.25, 0.3) is 0 Å². The van der Waals surface area contributed by atoms with Gasteiger partial charge in [-0.05, 0) is 43.2 Å². The maximum Gasteiger partial charge on any atom is 0.239 e. The Morgan fingerprint density at radius 3 is 2.42 bits per heavy atom. The summed E-state index contributed by atoms with van der Waals surface area (Å²) < 4.78 is 12.9. The van der Waals surface area contributed by atoms with E-state index in [0.717, 1.165) is 5.69 Å². The zero-order valence-corrected chi connectivity index (χ0v) is 13.9. The molecule has 0 saturated carbocycles. The number of nitrogens with zero attached hydrogens (tertiary/aromatic N) is 1. The topological polar surface area (TPSA) is 52.6 Å². The second-order valence-electron chi connectivity index (χ2n) is 5.96. The zero-order valence-electron chi connectivity index (χ0n) is 13.9. The lowest BCUT2D eigenvalue weighted by atomic mass is 10.0. The number of aliphatic hydroxyl groups is 1. The molecule has 4 nitrogen and oxygen atoms in total. The number of anilines is 1. The molecule has 0 bridgehead atoms. The van der Waals surface area contributed by atoms with Crippen LogP contribution >= 0.6 is 0 Å². The van der Waals surface area contributed by atoms with Gasteiger partial charge in [0.1, 0.15) is 5.82 Å². The number of halogens is 1. The molecule has 5 heteroatoms. The molecular weight excluding hydrogens is 307 g/mol. The van der Waals surface area contributed by atoms with Crippen molar-refractivity contribution in [3.63, 3.8) is 0 Å². The summed E-state index contributed by atoms with van der Waals surface area (Å²) in [6.07, 6.45) is -0.375. The van der Waals surface area contributed by atoms with Crippen LogP contribution < -0.4 is 10.2 Å². The number of carbonyl (C=O) groups is 1. The van der Waals surface area contributed by atoms with Gasteiger partial charge >= 0.3 is 0 Å². The van der Waals surface area contributed by atoms with Crippen LogP contribution in [0.4, 0.5) is 10.1 Å². The van der Waals surface area contributed by atoms with Gasteiger partial charge in [-0.15, -0.1) is 0 Å². The normalized spacial score (nSPS) is 13.2. The van der Waals surface area contributed by atoms with Crippen molar-refractivity contribution >= 4 is 11.6 Å². The van der Waals surface area contributed by atoms with E-state index in [4.69, 9.17) is 0 Å². The number of nitrogens with one attached hydrogen (secondary N) is 1. The smallest absolute Gasteiger partial charge is 0.239 e. The van der Waals surface area contributed by atoms with Crippen LogP contribution in [0, 0.1) is 5.82 Å². The summed E-state index contributed by atoms with van der Waals surface area (Å²) in [7, 11) is 1.85. The maximum absolute atomic E-state index is 12.9. The quantitative estimate of drug-likeness (QED) is 0.821. The fourth-order valence-electron chi connectivity index (χ4n) is 2.52. The maximum atomic E-state index is 12.9. The largest absolute Gasteiger partial charge is 0.388 e. The molecule has 0 saturated heterocycles. The van der Waals surface area contributed by atoms with Gasteiger partial charge in [0.15, 0.2) is 0 Å². The van der Waals surface area contributed by atoms with Crippen molar-refractivity contribution in [2.75, 3.05) is 18.5 Å². The van der Waals surface area contributed by atoms with Crippen molar-refractivity contribution in [1.29, 1.82) is 0 Å². The fourth-order valence-corrected chi connectivity index (χ4v) is 2.52. The number of aliphatic hydroxyl groups excluding tert-OH is 1. The lowest BCUT2D eigenvalue weighted by Crippen LogP contribution is -2.40. The van der Waals surface area contributed by atoms with E-state index in [0.29, 0.717) is 12.0 Å². The van der Waals surface area contributed by atoms with Crippen LogP contribution in [0.25, 0.3) is 0 Å². The van der Waals surface area contributed by atoms with Gasteiger partial charge in [0.2, 0.25) is 5.91 Å². The van der Waals surface area contributed by atoms with Crippen molar-refractivity contribution < 1.29 is 14.3 Å². The molecule has 2 unspecified atom stereocenters. The van der Waals surface area contributed by atoms with E-state index in [2.05, 4.69) is 5.32 Å². The fraction of sp³-hybridized carbons (Fsp3) is 0.316. The van der Waals surface area contributed by atoms with Crippen molar-refractivity contribution in [2.24, 2.45) is 0 Å². The number of amides is 1. The van der Waals surface area contributed by atoms with Crippen LogP contribution in [0.15, 0.2) is 54.6 Å². The molecule has 2 rings (SSSR count). The number of hydrogen-bond donors (Lipinski definition) is 2. The molecule has 0 spiro atoms. The third kappa shape index (κ3) is 5.35. The van der Waals surface area contributed by atoms with Crippen LogP contribution in [0.1, 0.15) is 25.0 Å². The van der Waals surface area contributed by atoms with Gasteiger partial charge in [-0.25, -0.2) is 4.39 Å². The summed E-state index contributed by atoms with van der Waals surface area (Å²) in [5.41, 5.74) is 1.60. The summed E-state index contributed by atoms with van der Waals surface area (Å²) in [6, 6.07) is 15.2. The first-order valence-electron chi connectivity index (χ1n) is 7.95. The van der Waals surface area contributed by atoms with Crippen LogP contribution in [0.2, 0.25) is 0 Å². The first kappa shape index (κ1) is 17.9. The Morgan fingerprint density at radius 1 is 1.17 bits per heavy atom. The number of hydrogen-bond acceptors (Lipinski definition) is 3. The molecule has 128 valence electrons. The Labute approximate surface area is 141 Å². The number of rotatable bonds is 7. The highest BCUT2D eigenvalue weighted by atomic mass is 19.1. The van der Waals surface area contributed by atoms with Crippen LogP contribution in [0.3, 0.4) is 0 Å². The predicted molar refractivity (Wildman–Crippen MR) is 93.3 cm³/mol. The summed E-state index contributed by atoms with van der Waals surface area (Å²) >= 11 is 0. The molecule has 0 heterocycles. The minimum atomic E-state index is -0.743. The molecule has 0 radical (unpaired) electrons. The highest BCUT2D eigenvalue weighted by Gasteiger charge is 2.15. The monoisotopic (exact) mass is 330 g/mol. The summed E-state index contributed by atoms with van der Waals surface area (Å²) in [4.78, 5) is 14.0. The molecular formula is C19H23FN2O2. The van der Waals surface area contributed by atoms with E-state index in [1.165, 1.54) is 12.1 Å². The standard InChI is InChI=1S/C19H23FN2O2/c1-14(12-18(23)15-8-10-16(20)11-9-15)21-19(24)13-22(2)17-6-4-3-5-7-17/h3-11,14,18,23H,12-13H2,1-2H3,(H,21,24). The summed E-state index contributed by atoms with van der Waals surface area (Å²) in [5, 5.41) is 13.0. The van der Waals surface area contributed by atoms with Gasteiger partial charge in [-0.1, -0.05) is 30.3 Å². The van der Waals surface area contributed by atoms with Gasteiger partial charge in [0, 0.05) is 18.8 Å². The molecule has 2 aromatic rings. The molecule has 0 aliphatic heterocycles. The highest BCUT2D eigenvalue weighted by molar-refractivity contribution is 5.81. The lowest BCUT2D eigenvalue weighted by molar-refractivity contribution is -0.120. The van der Waals surface area contributed by atoms with E-state index < -0.39 is 6.10 Å². The SMILES string of the molecule is CC(CC(O)c1ccc(F)cc1)NC(=O)CN(C)c1ccccc1. The molecule has 0 aliphatic carbocycles. The third-order valence-corrected chi connectivity index (χ3v) is 3.82. The lowest BCUT2D eigenvalue weighted by Gasteiger charge is -2.22. The van der Waals surface area contributed by atoms with E-state index in [9.17, 15) is 14.3 Å². The third-order valence-electron chi connectivity index (χ3n) is 3.82. The average Bonchev–Trinajstić information content (AvgIpc) is 2.55. The Morgan fingerprint density at radius 2 is 1.79 bits per heavy atom. The Bertz CT molecular complexity index is 646. The Balaban J connectivity index is 1.82. The second-order valence-corrected chi connectivity index (χ2v) is 5.96. The van der Waals surface area contributed by atoms with E-state index in [1.54, 1.807) is 12.1 Å². The Kier molecular flexibility index (Phi) is 6.32. The minimum Gasteiger partial charge on any atom is -0.388 e. The van der Waals surface area contributed by atoms with Crippen LogP contribution in [-0.4, -0.2) is 30.6 Å². The number of likely N-dealkylation sites (N-methyl/N-ethyl adjacent to an activating group) is 1. The highest BCUT2D eigenvalue weighted by Crippen LogP contribution is 2.18. The minimum absolute atomic E-state index is 0.111. The molecule has 24 heavy (non-hydrogen) atoms. The molecule has 2 N–H and O–H groups in total. The molecule has 1 amide bonds. The molecule has 2 aromatic carbocycles. The predicted octanol–water partition coefficient (Wildman–Crippen LogP) is 2.89. The molecule has 0 aromatic heterocycles. The van der Waals surface area contributed by atoms with Gasteiger partial charge in [0.05, 0.1) is 12.6 Å². The van der Waals surface area contributed by atoms with Crippen molar-refractivity contribution in [2.45, 2.75) is 25.5 Å². The Hall–Kier alpha value is -2.40. The average molecular weight is 330 g/mol. The first-order valence-corrected chi connectivity index (χ1v) is 7.95. The molecule has 2 atom stereocenters. The van der Waals surface area contributed by atoms with Gasteiger partial charge < -0.3 is 15.3 Å². The molecule has 0 aliphatic rings. The van der Waals surface area contributed by atoms with E-state index in [-0.39, 0.29) is 24.3 Å². The van der Waals surface area contributed by atoms with Crippen LogP contribution in [0.5, 0.6) is 0 Å². The number of para-hydroxylation sites is 1. The summed E-state index contributed by atoms with van der Waals surface area (Å²) in [6.45, 7) is 2.08. The summed E-state index contributed by atoms with van der Waals surface area (Å²) in [5.74, 6) is -0.448. The van der Waals surface area contributed by atoms with Crippen molar-refractivity contribution in [3.05, 3.63) is 66.0 Å². The van der Waals surface area contributed by atoms with Gasteiger partial charge in [-0.2, -0.15) is 0 Å². The first-order chi connectivity index (χ1) is 11.5. The second kappa shape index (κ2) is 8.45. The number of benzene rings is 2. The van der Waals surface area contributed by atoms with Crippen LogP contribution in [-0.2, 0) is 4.79 Å². The zero-order chi connectivity index (χ0) is 17.5. The molecule has 0 fully saturated rings. The van der Waals surface area contributed by atoms with E-state index in [1.807, 2.05) is 49.2 Å². The van der Waals surface area contributed by atoms with Gasteiger partial charge in [-0.3, -0.25) is 4.79 Å². The van der Waals surface area contributed by atoms with E-state index >= 15 is 0 Å². The van der Waals surface area contributed by atoms with Crippen molar-refractivity contribution in [1.82, 2.24) is 5.32 Å².